The van der Waals surface area contributed by atoms with E-state index in [2.05, 4.69) is 0 Å². The summed E-state index contributed by atoms with van der Waals surface area (Å²) in [6.07, 6.45) is 2.92. The molecule has 1 unspecified atom stereocenters. The van der Waals surface area contributed by atoms with E-state index in [1.54, 1.807) is 25.1 Å². The van der Waals surface area contributed by atoms with Crippen molar-refractivity contribution in [2.75, 3.05) is 27.2 Å². The molecule has 2 atom stereocenters. The van der Waals surface area contributed by atoms with Gasteiger partial charge in [-0.05, 0) is 61.9 Å². The molecule has 1 fully saturated rings. The van der Waals surface area contributed by atoms with Gasteiger partial charge in [0.25, 0.3) is 0 Å². The fourth-order valence-electron chi connectivity index (χ4n) is 6.00. The summed E-state index contributed by atoms with van der Waals surface area (Å²) in [6, 6.07) is 21.6. The zero-order valence-corrected chi connectivity index (χ0v) is 26.6. The molecular formula is C36H46N4O4. The highest BCUT2D eigenvalue weighted by atomic mass is 16.3. The van der Waals surface area contributed by atoms with Crippen LogP contribution in [-0.2, 0) is 20.8 Å². The predicted molar refractivity (Wildman–Crippen MR) is 175 cm³/mol. The van der Waals surface area contributed by atoms with E-state index in [0.717, 1.165) is 21.9 Å². The average molecular weight is 599 g/mol. The van der Waals surface area contributed by atoms with Crippen molar-refractivity contribution in [3.8, 4) is 0 Å². The second-order valence-electron chi connectivity index (χ2n) is 12.8. The summed E-state index contributed by atoms with van der Waals surface area (Å²) in [5.74, 6) is -0.830. The quantitative estimate of drug-likeness (QED) is 0.335. The van der Waals surface area contributed by atoms with E-state index in [-0.39, 0.29) is 24.1 Å². The number of nitrogens with zero attached hydrogens (tertiary/aromatic N) is 3. The van der Waals surface area contributed by atoms with Crippen molar-refractivity contribution < 1.29 is 19.5 Å². The Morgan fingerprint density at radius 2 is 1.57 bits per heavy atom. The maximum Gasteiger partial charge on any atom is 0.250 e. The zero-order chi connectivity index (χ0) is 32.0. The molecule has 44 heavy (non-hydrogen) atoms. The number of aliphatic hydroxyl groups is 1. The number of rotatable bonds is 10. The van der Waals surface area contributed by atoms with Crippen LogP contribution in [0.1, 0.15) is 57.2 Å². The van der Waals surface area contributed by atoms with Crippen LogP contribution in [0.2, 0.25) is 0 Å². The maximum absolute atomic E-state index is 14.5. The minimum Gasteiger partial charge on any atom is -0.393 e. The van der Waals surface area contributed by atoms with Gasteiger partial charge in [0.15, 0.2) is 0 Å². The van der Waals surface area contributed by atoms with Gasteiger partial charge in [0.1, 0.15) is 12.1 Å². The number of carbonyl (C=O) groups is 3. The first kappa shape index (κ1) is 32.9. The van der Waals surface area contributed by atoms with E-state index >= 15 is 0 Å². The lowest BCUT2D eigenvalue weighted by atomic mass is 9.96. The van der Waals surface area contributed by atoms with E-state index in [1.807, 2.05) is 93.6 Å². The molecule has 1 aliphatic heterocycles. The van der Waals surface area contributed by atoms with Crippen molar-refractivity contribution in [2.24, 2.45) is 5.73 Å². The number of benzene rings is 3. The van der Waals surface area contributed by atoms with Gasteiger partial charge in [0.05, 0.1) is 6.10 Å². The number of aliphatic hydroxyl groups excluding tert-OH is 1. The van der Waals surface area contributed by atoms with Gasteiger partial charge in [-0.3, -0.25) is 14.4 Å². The molecule has 0 radical (unpaired) electrons. The van der Waals surface area contributed by atoms with Crippen molar-refractivity contribution in [3.63, 3.8) is 0 Å². The van der Waals surface area contributed by atoms with Crippen LogP contribution in [0.3, 0.4) is 0 Å². The van der Waals surface area contributed by atoms with Crippen LogP contribution in [0.5, 0.6) is 0 Å². The third-order valence-corrected chi connectivity index (χ3v) is 8.31. The van der Waals surface area contributed by atoms with Gasteiger partial charge in [0, 0.05) is 45.2 Å². The van der Waals surface area contributed by atoms with Crippen LogP contribution in [-0.4, -0.2) is 82.4 Å². The molecule has 3 aromatic carbocycles. The van der Waals surface area contributed by atoms with Gasteiger partial charge in [-0.2, -0.15) is 0 Å². The Labute approximate surface area is 261 Å². The molecule has 8 nitrogen and oxygen atoms in total. The highest BCUT2D eigenvalue weighted by molar-refractivity contribution is 5.95. The second-order valence-corrected chi connectivity index (χ2v) is 12.8. The van der Waals surface area contributed by atoms with Crippen LogP contribution >= 0.6 is 0 Å². The molecule has 0 bridgehead atoms. The van der Waals surface area contributed by atoms with Gasteiger partial charge in [0.2, 0.25) is 17.7 Å². The fourth-order valence-corrected chi connectivity index (χ4v) is 6.00. The standard InChI is InChI=1S/C36H46N4O4/c1-25(24-36(2,3)37)21-32(42)38(4)31(23-26-15-16-27-11-9-10-14-29(27)22-26)34(43)39(5)33(28-12-7-6-8-13-28)35(44)40-19-17-30(41)18-20-40/h6-16,21-22,30-31,33,41H,17-20,23-24,37H2,1-5H3/b25-21+/t31-,33?/m1/s1. The van der Waals surface area contributed by atoms with Crippen LogP contribution in [0, 0.1) is 0 Å². The van der Waals surface area contributed by atoms with Crippen LogP contribution < -0.4 is 5.73 Å². The SMILES string of the molecule is C/C(=C\C(=O)N(C)[C@H](Cc1ccc2ccccc2c1)C(=O)N(C)C(C(=O)N1CCC(O)CC1)c1ccccc1)CC(C)(C)N. The normalized spacial score (nSPS) is 16.0. The lowest BCUT2D eigenvalue weighted by Gasteiger charge is -2.38. The number of piperidine rings is 1. The molecule has 0 saturated carbocycles. The second kappa shape index (κ2) is 14.2. The van der Waals surface area contributed by atoms with Crippen molar-refractivity contribution in [1.82, 2.24) is 14.7 Å². The summed E-state index contributed by atoms with van der Waals surface area (Å²) in [4.78, 5) is 46.8. The molecule has 4 rings (SSSR count). The first-order chi connectivity index (χ1) is 20.8. The zero-order valence-electron chi connectivity index (χ0n) is 26.6. The Hall–Kier alpha value is -4.01. The summed E-state index contributed by atoms with van der Waals surface area (Å²) < 4.78 is 0. The molecule has 0 aliphatic carbocycles. The van der Waals surface area contributed by atoms with Crippen molar-refractivity contribution in [1.29, 1.82) is 0 Å². The Morgan fingerprint density at radius 1 is 0.955 bits per heavy atom. The van der Waals surface area contributed by atoms with Crippen molar-refractivity contribution in [2.45, 2.75) is 70.2 Å². The Bertz CT molecular complexity index is 1490. The Balaban J connectivity index is 1.69. The van der Waals surface area contributed by atoms with E-state index in [4.69, 9.17) is 5.73 Å². The van der Waals surface area contributed by atoms with Crippen LogP contribution in [0.15, 0.2) is 84.4 Å². The summed E-state index contributed by atoms with van der Waals surface area (Å²) in [7, 11) is 3.28. The number of hydrogen-bond donors (Lipinski definition) is 2. The Morgan fingerprint density at radius 3 is 2.20 bits per heavy atom. The molecule has 234 valence electrons. The topological polar surface area (TPSA) is 107 Å². The fraction of sp³-hybridized carbons (Fsp3) is 0.417. The van der Waals surface area contributed by atoms with Gasteiger partial charge in [-0.25, -0.2) is 0 Å². The summed E-state index contributed by atoms with van der Waals surface area (Å²) in [5, 5.41) is 12.2. The molecule has 3 aromatic rings. The monoisotopic (exact) mass is 598 g/mol. The molecule has 3 N–H and O–H groups in total. The van der Waals surface area contributed by atoms with Gasteiger partial charge in [-0.15, -0.1) is 0 Å². The van der Waals surface area contributed by atoms with E-state index in [0.29, 0.717) is 37.9 Å². The number of likely N-dealkylation sites (tertiary alicyclic amines) is 1. The van der Waals surface area contributed by atoms with E-state index in [1.165, 1.54) is 9.80 Å². The largest absolute Gasteiger partial charge is 0.393 e. The molecule has 1 heterocycles. The van der Waals surface area contributed by atoms with Gasteiger partial charge < -0.3 is 25.5 Å². The minimum atomic E-state index is -0.878. The molecule has 1 saturated heterocycles. The maximum atomic E-state index is 14.5. The van der Waals surface area contributed by atoms with Crippen LogP contribution in [0.25, 0.3) is 10.8 Å². The number of carbonyl (C=O) groups excluding carboxylic acids is 3. The molecule has 8 heteroatoms. The summed E-state index contributed by atoms with van der Waals surface area (Å²) in [6.45, 7) is 6.52. The predicted octanol–water partition coefficient (Wildman–Crippen LogP) is 4.47. The molecular weight excluding hydrogens is 552 g/mol. The van der Waals surface area contributed by atoms with Gasteiger partial charge in [-0.1, -0.05) is 78.4 Å². The first-order valence-corrected chi connectivity index (χ1v) is 15.3. The van der Waals surface area contributed by atoms with Gasteiger partial charge >= 0.3 is 0 Å². The smallest absolute Gasteiger partial charge is 0.250 e. The molecule has 1 aliphatic rings. The van der Waals surface area contributed by atoms with Crippen molar-refractivity contribution in [3.05, 3.63) is 95.6 Å². The number of likely N-dealkylation sites (N-methyl/N-ethyl adjacent to an activating group) is 2. The number of nitrogens with two attached hydrogens (primary N) is 1. The number of hydrogen-bond acceptors (Lipinski definition) is 5. The van der Waals surface area contributed by atoms with Crippen LogP contribution in [0.4, 0.5) is 0 Å². The van der Waals surface area contributed by atoms with E-state index < -0.39 is 23.7 Å². The highest BCUT2D eigenvalue weighted by Crippen LogP contribution is 2.27. The first-order valence-electron chi connectivity index (χ1n) is 15.3. The lowest BCUT2D eigenvalue weighted by molar-refractivity contribution is -0.150. The molecule has 0 aromatic heterocycles. The molecule has 3 amide bonds. The molecule has 0 spiro atoms. The average Bonchev–Trinajstić information content (AvgIpc) is 2.99. The number of fused-ring (bicyclic) bond motifs is 1. The highest BCUT2D eigenvalue weighted by Gasteiger charge is 2.38. The summed E-state index contributed by atoms with van der Waals surface area (Å²) >= 11 is 0. The Kier molecular flexibility index (Phi) is 10.6. The third-order valence-electron chi connectivity index (χ3n) is 8.31. The van der Waals surface area contributed by atoms with Crippen molar-refractivity contribution >= 4 is 28.5 Å². The third kappa shape index (κ3) is 8.33. The van der Waals surface area contributed by atoms with E-state index in [9.17, 15) is 19.5 Å². The minimum absolute atomic E-state index is 0.196. The number of amides is 3. The lowest BCUT2D eigenvalue weighted by Crippen LogP contribution is -2.53. The summed E-state index contributed by atoms with van der Waals surface area (Å²) in [5.41, 5.74) is 8.14.